The van der Waals surface area contributed by atoms with Crippen molar-refractivity contribution in [2.24, 2.45) is 5.10 Å². The van der Waals surface area contributed by atoms with E-state index in [9.17, 15) is 4.39 Å². The number of ether oxygens (including phenoxy) is 1. The molecule has 0 saturated heterocycles. The Bertz CT molecular complexity index is 961. The molecule has 156 valence electrons. The minimum absolute atomic E-state index is 0.256. The van der Waals surface area contributed by atoms with Gasteiger partial charge in [-0.3, -0.25) is 5.43 Å². The number of benzene rings is 2. The molecule has 0 amide bonds. The van der Waals surface area contributed by atoms with Crippen LogP contribution in [0.15, 0.2) is 59.7 Å². The van der Waals surface area contributed by atoms with Crippen LogP contribution in [0, 0.1) is 5.82 Å². The monoisotopic (exact) mass is 408 g/mol. The highest BCUT2D eigenvalue weighted by atomic mass is 19.1. The van der Waals surface area contributed by atoms with E-state index in [2.05, 4.69) is 20.5 Å². The summed E-state index contributed by atoms with van der Waals surface area (Å²) in [5.74, 6) is 2.46. The van der Waals surface area contributed by atoms with E-state index in [0.29, 0.717) is 18.4 Å². The largest absolute Gasteiger partial charge is 0.489 e. The number of aromatic nitrogens is 2. The van der Waals surface area contributed by atoms with Crippen molar-refractivity contribution in [3.05, 3.63) is 71.5 Å². The van der Waals surface area contributed by atoms with Crippen LogP contribution >= 0.6 is 0 Å². The predicted molar refractivity (Wildman–Crippen MR) is 119 cm³/mol. The highest BCUT2D eigenvalue weighted by molar-refractivity contribution is 5.80. The van der Waals surface area contributed by atoms with Crippen molar-refractivity contribution in [3.8, 4) is 5.75 Å². The second-order valence-corrected chi connectivity index (χ2v) is 7.05. The summed E-state index contributed by atoms with van der Waals surface area (Å²) in [4.78, 5) is 12.7. The fraction of sp³-hybridized carbons (Fsp3) is 0.227. The zero-order valence-corrected chi connectivity index (χ0v) is 17.5. The van der Waals surface area contributed by atoms with Crippen LogP contribution in [-0.4, -0.2) is 44.4 Å². The van der Waals surface area contributed by atoms with Crippen molar-refractivity contribution >= 4 is 23.8 Å². The Morgan fingerprint density at radius 2 is 1.67 bits per heavy atom. The molecule has 0 aliphatic carbocycles. The Morgan fingerprint density at radius 1 is 0.967 bits per heavy atom. The van der Waals surface area contributed by atoms with Gasteiger partial charge in [0.15, 0.2) is 5.82 Å². The molecule has 1 heterocycles. The van der Waals surface area contributed by atoms with Gasteiger partial charge in [-0.05, 0) is 47.5 Å². The molecule has 7 nitrogen and oxygen atoms in total. The number of rotatable bonds is 8. The molecule has 3 rings (SSSR count). The van der Waals surface area contributed by atoms with Crippen molar-refractivity contribution in [1.82, 2.24) is 9.97 Å². The van der Waals surface area contributed by atoms with Crippen LogP contribution in [0.1, 0.15) is 11.1 Å². The van der Waals surface area contributed by atoms with Crippen LogP contribution in [0.5, 0.6) is 5.75 Å². The van der Waals surface area contributed by atoms with Gasteiger partial charge in [0.1, 0.15) is 24.0 Å². The van der Waals surface area contributed by atoms with E-state index in [1.54, 1.807) is 18.3 Å². The molecule has 1 N–H and O–H groups in total. The molecule has 30 heavy (non-hydrogen) atoms. The molecule has 0 spiro atoms. The van der Waals surface area contributed by atoms with Crippen molar-refractivity contribution in [2.75, 3.05) is 43.4 Å². The average Bonchev–Trinajstić information content (AvgIpc) is 2.74. The molecule has 0 atom stereocenters. The fourth-order valence-electron chi connectivity index (χ4n) is 2.48. The van der Waals surface area contributed by atoms with Gasteiger partial charge in [-0.1, -0.05) is 12.1 Å². The smallest absolute Gasteiger partial charge is 0.228 e. The highest BCUT2D eigenvalue weighted by Gasteiger charge is 2.07. The maximum absolute atomic E-state index is 12.9. The van der Waals surface area contributed by atoms with Crippen LogP contribution in [-0.2, 0) is 6.61 Å². The predicted octanol–water partition coefficient (Wildman–Crippen LogP) is 3.77. The lowest BCUT2D eigenvalue weighted by atomic mass is 10.2. The molecule has 8 heteroatoms. The van der Waals surface area contributed by atoms with E-state index in [0.717, 1.165) is 22.7 Å². The molecular weight excluding hydrogens is 383 g/mol. The Hall–Kier alpha value is -3.68. The summed E-state index contributed by atoms with van der Waals surface area (Å²) >= 11 is 0. The summed E-state index contributed by atoms with van der Waals surface area (Å²) in [5.41, 5.74) is 4.77. The van der Waals surface area contributed by atoms with E-state index in [4.69, 9.17) is 4.74 Å². The maximum Gasteiger partial charge on any atom is 0.228 e. The van der Waals surface area contributed by atoms with E-state index >= 15 is 0 Å². The zero-order chi connectivity index (χ0) is 21.5. The lowest BCUT2D eigenvalue weighted by Crippen LogP contribution is -2.17. The highest BCUT2D eigenvalue weighted by Crippen LogP contribution is 2.18. The molecule has 0 bridgehead atoms. The summed E-state index contributed by atoms with van der Waals surface area (Å²) in [7, 11) is 7.63. The van der Waals surface area contributed by atoms with Gasteiger partial charge >= 0.3 is 0 Å². The minimum atomic E-state index is -0.256. The van der Waals surface area contributed by atoms with E-state index in [1.165, 1.54) is 12.1 Å². The first-order valence-electron chi connectivity index (χ1n) is 9.41. The molecule has 0 fully saturated rings. The Morgan fingerprint density at radius 3 is 2.30 bits per heavy atom. The van der Waals surface area contributed by atoms with E-state index < -0.39 is 0 Å². The number of hydrazone groups is 1. The third-order valence-corrected chi connectivity index (χ3v) is 4.15. The van der Waals surface area contributed by atoms with Gasteiger partial charge in [0.25, 0.3) is 0 Å². The Balaban J connectivity index is 1.59. The van der Waals surface area contributed by atoms with Crippen LogP contribution in [0.3, 0.4) is 0 Å². The van der Waals surface area contributed by atoms with Gasteiger partial charge in [-0.15, -0.1) is 0 Å². The van der Waals surface area contributed by atoms with E-state index in [1.807, 2.05) is 68.3 Å². The van der Waals surface area contributed by atoms with E-state index in [-0.39, 0.29) is 5.82 Å². The van der Waals surface area contributed by atoms with Crippen molar-refractivity contribution in [1.29, 1.82) is 0 Å². The van der Waals surface area contributed by atoms with Crippen LogP contribution in [0.25, 0.3) is 0 Å². The summed E-state index contributed by atoms with van der Waals surface area (Å²) < 4.78 is 18.7. The number of nitrogens with one attached hydrogen (secondary N) is 1. The van der Waals surface area contributed by atoms with Gasteiger partial charge < -0.3 is 14.5 Å². The van der Waals surface area contributed by atoms with Crippen molar-refractivity contribution in [2.45, 2.75) is 6.61 Å². The number of hydrogen-bond acceptors (Lipinski definition) is 7. The van der Waals surface area contributed by atoms with Crippen molar-refractivity contribution < 1.29 is 9.13 Å². The second kappa shape index (κ2) is 9.69. The van der Waals surface area contributed by atoms with Gasteiger partial charge in [-0.25, -0.2) is 4.39 Å². The normalized spacial score (nSPS) is 10.8. The Kier molecular flexibility index (Phi) is 6.79. The quantitative estimate of drug-likeness (QED) is 0.452. The lowest BCUT2D eigenvalue weighted by molar-refractivity contribution is 0.306. The standard InChI is InChI=1S/C22H25FN6O/c1-28(2)21-13-20(25-22(26-21)29(3)4)27-24-14-16-7-11-19(12-8-16)30-15-17-5-9-18(23)10-6-17/h5-14H,15H2,1-4H3,(H,25,26,27)/b24-14+. The van der Waals surface area contributed by atoms with Crippen LogP contribution < -0.4 is 20.0 Å². The number of anilines is 3. The molecular formula is C22H25FN6O. The summed E-state index contributed by atoms with van der Waals surface area (Å²) in [6.45, 7) is 0.380. The molecule has 0 aliphatic rings. The first kappa shape index (κ1) is 21.0. The molecule has 2 aromatic carbocycles. The van der Waals surface area contributed by atoms with Gasteiger partial charge in [0.05, 0.1) is 6.21 Å². The second-order valence-electron chi connectivity index (χ2n) is 7.05. The SMILES string of the molecule is CN(C)c1cc(N/N=C/c2ccc(OCc3ccc(F)cc3)cc2)nc(N(C)C)n1. The molecule has 0 aliphatic heterocycles. The third kappa shape index (κ3) is 5.91. The van der Waals surface area contributed by atoms with Gasteiger partial charge in [0, 0.05) is 34.3 Å². The number of halogens is 1. The minimum Gasteiger partial charge on any atom is -0.489 e. The summed E-state index contributed by atoms with van der Waals surface area (Å²) in [6, 6.07) is 15.6. The average molecular weight is 408 g/mol. The first-order chi connectivity index (χ1) is 14.4. The lowest BCUT2D eigenvalue weighted by Gasteiger charge is -2.16. The summed E-state index contributed by atoms with van der Waals surface area (Å²) in [5, 5.41) is 4.27. The van der Waals surface area contributed by atoms with Gasteiger partial charge in [0.2, 0.25) is 5.95 Å². The summed E-state index contributed by atoms with van der Waals surface area (Å²) in [6.07, 6.45) is 1.70. The maximum atomic E-state index is 12.9. The molecule has 0 radical (unpaired) electrons. The fourth-order valence-corrected chi connectivity index (χ4v) is 2.48. The topological polar surface area (TPSA) is 65.9 Å². The Labute approximate surface area is 175 Å². The molecule has 0 unspecified atom stereocenters. The molecule has 3 aromatic rings. The van der Waals surface area contributed by atoms with Crippen LogP contribution in [0.2, 0.25) is 0 Å². The first-order valence-corrected chi connectivity index (χ1v) is 9.41. The number of hydrogen-bond donors (Lipinski definition) is 1. The molecule has 1 aromatic heterocycles. The van der Waals surface area contributed by atoms with Gasteiger partial charge in [-0.2, -0.15) is 15.1 Å². The van der Waals surface area contributed by atoms with Crippen molar-refractivity contribution in [3.63, 3.8) is 0 Å². The zero-order valence-electron chi connectivity index (χ0n) is 17.5. The van der Waals surface area contributed by atoms with Crippen LogP contribution in [0.4, 0.5) is 22.0 Å². The third-order valence-electron chi connectivity index (χ3n) is 4.15. The number of nitrogens with zero attached hydrogens (tertiary/aromatic N) is 5. The molecule has 0 saturated carbocycles.